The normalized spacial score (nSPS) is 14.9. The van der Waals surface area contributed by atoms with Crippen molar-refractivity contribution in [3.05, 3.63) is 226 Å². The van der Waals surface area contributed by atoms with Crippen LogP contribution in [-0.2, 0) is 50.1 Å². The van der Waals surface area contributed by atoms with Gasteiger partial charge in [0.05, 0.1) is 19.6 Å². The average molecular weight is 1010 g/mol. The zero-order valence-electron chi connectivity index (χ0n) is 35.7. The van der Waals surface area contributed by atoms with Gasteiger partial charge in [0.1, 0.15) is 40.5 Å². The summed E-state index contributed by atoms with van der Waals surface area (Å²) < 4.78 is 143. The summed E-state index contributed by atoms with van der Waals surface area (Å²) in [5.74, 6) is -1.14. The van der Waals surface area contributed by atoms with Crippen LogP contribution in [0.25, 0.3) is 44.6 Å². The fourth-order valence-electron chi connectivity index (χ4n) is 8.63. The first-order valence-corrected chi connectivity index (χ1v) is 26.3. The van der Waals surface area contributed by atoms with Gasteiger partial charge in [-0.05, 0) is 93.0 Å². The molecule has 0 aliphatic heterocycles. The Labute approximate surface area is 401 Å². The number of Topliss-reactive ketones (excluding diaryl/α,β-unsaturated/α-hetero) is 2. The number of allylic oxidation sites excluding steroid dienone is 8. The highest BCUT2D eigenvalue weighted by Gasteiger charge is 2.38. The summed E-state index contributed by atoms with van der Waals surface area (Å²) >= 11 is 0. The molecule has 7 aromatic rings. The molecule has 0 radical (unpaired) electrons. The van der Waals surface area contributed by atoms with E-state index in [1.807, 2.05) is 0 Å². The van der Waals surface area contributed by atoms with E-state index < -0.39 is 71.6 Å². The molecule has 0 N–H and O–H groups in total. The third-order valence-electron chi connectivity index (χ3n) is 11.7. The Morgan fingerprint density at radius 3 is 0.557 bits per heavy atom. The molecule has 7 aromatic carbocycles. The number of carbonyl (C=O) groups excluding carboxylic acids is 2. The van der Waals surface area contributed by atoms with Crippen molar-refractivity contribution in [1.29, 1.82) is 0 Å². The first-order valence-electron chi connectivity index (χ1n) is 20.7. The summed E-state index contributed by atoms with van der Waals surface area (Å²) in [7, 11) is -19.5. The lowest BCUT2D eigenvalue weighted by atomic mass is 9.86. The smallest absolute Gasteiger partial charge is 0.195 e. The number of benzene rings is 7. The number of hydrogen-bond acceptors (Lipinski definition) is 14. The molecule has 2 aliphatic rings. The molecule has 0 aromatic heterocycles. The number of carbonyl (C=O) groups is 2. The molecular weight excluding hydrogens is 977 g/mol. The molecule has 2 aliphatic carbocycles. The maximum Gasteiger partial charge on any atom is 0.195 e. The Bertz CT molecular complexity index is 3660. The molecule has 0 unspecified atom stereocenters. The van der Waals surface area contributed by atoms with Crippen molar-refractivity contribution in [2.75, 3.05) is 0 Å². The molecule has 0 atom stereocenters. The third kappa shape index (κ3) is 8.97. The molecule has 18 heteroatoms. The van der Waals surface area contributed by atoms with Crippen LogP contribution >= 0.6 is 0 Å². The van der Waals surface area contributed by atoms with E-state index in [0.717, 1.165) is 48.5 Å². The van der Waals surface area contributed by atoms with Gasteiger partial charge in [0.15, 0.2) is 11.6 Å². The lowest BCUT2D eigenvalue weighted by molar-refractivity contribution is -0.109. The van der Waals surface area contributed by atoms with Gasteiger partial charge in [0.25, 0.3) is 0 Å². The van der Waals surface area contributed by atoms with Crippen LogP contribution < -0.4 is 0 Å². The van der Waals surface area contributed by atoms with Crippen molar-refractivity contribution < 1.29 is 61.5 Å². The summed E-state index contributed by atoms with van der Waals surface area (Å²) in [5.41, 5.74) is 4.51. The highest BCUT2D eigenvalue weighted by atomic mass is 32.2. The van der Waals surface area contributed by atoms with Crippen LogP contribution in [0, 0.1) is 0 Å². The van der Waals surface area contributed by atoms with Gasteiger partial charge in [-0.15, -0.1) is 0 Å². The van der Waals surface area contributed by atoms with E-state index in [2.05, 4.69) is 0 Å². The monoisotopic (exact) mass is 1010 g/mol. The quantitative estimate of drug-likeness (QED) is 0.107. The summed E-state index contributed by atoms with van der Waals surface area (Å²) in [6, 6.07) is 43.2. The van der Waals surface area contributed by atoms with Gasteiger partial charge >= 0.3 is 0 Å². The van der Waals surface area contributed by atoms with Crippen molar-refractivity contribution in [3.63, 3.8) is 0 Å². The standard InChI is InChI=1S/C52H34O14S4/c53-51-47(35-15-23-39(24-16-35)67(55,56)57)43(31-7-3-1-4-8-31)45(49(51)37-19-27-41(28-20-37)69(61,62)63)33-11-13-34(14-12-33)46-44(32-9-5-2-6-10-32)48(36-17-25-40(26-18-36)68(58,59)60)52(54)50(46)38-21-29-42(30-22-38)70(64,65)66/h1-30H,(H,55,56,57)(H,58,59,60)(H,61,62,63)(H,64,65,66)/p-4. The van der Waals surface area contributed by atoms with Gasteiger partial charge in [-0.3, -0.25) is 9.59 Å². The zero-order valence-corrected chi connectivity index (χ0v) is 38.9. The molecular formula is C52H30O14S4-4. The van der Waals surface area contributed by atoms with Crippen molar-refractivity contribution in [1.82, 2.24) is 0 Å². The van der Waals surface area contributed by atoms with Gasteiger partial charge in [-0.2, -0.15) is 0 Å². The van der Waals surface area contributed by atoms with Crippen LogP contribution in [-0.4, -0.2) is 63.4 Å². The topological polar surface area (TPSA) is 263 Å². The fourth-order valence-corrected chi connectivity index (χ4v) is 10.5. The molecule has 0 spiro atoms. The Morgan fingerprint density at radius 2 is 0.371 bits per heavy atom. The molecule has 0 amide bonds. The maximum absolute atomic E-state index is 15.0. The molecule has 350 valence electrons. The second-order valence-electron chi connectivity index (χ2n) is 15.9. The van der Waals surface area contributed by atoms with Crippen molar-refractivity contribution >= 4 is 96.6 Å². The number of rotatable bonds is 12. The Hall–Kier alpha value is -7.52. The minimum Gasteiger partial charge on any atom is -0.744 e. The van der Waals surface area contributed by atoms with Crippen LogP contribution in [0.3, 0.4) is 0 Å². The summed E-state index contributed by atoms with van der Waals surface area (Å²) in [4.78, 5) is 27.9. The third-order valence-corrected chi connectivity index (χ3v) is 15.1. The molecule has 0 fully saturated rings. The molecule has 0 saturated heterocycles. The van der Waals surface area contributed by atoms with E-state index in [9.17, 15) is 51.9 Å². The van der Waals surface area contributed by atoms with E-state index in [-0.39, 0.29) is 44.5 Å². The first kappa shape index (κ1) is 47.5. The predicted octanol–water partition coefficient (Wildman–Crippen LogP) is 7.51. The molecule has 0 bridgehead atoms. The second-order valence-corrected chi connectivity index (χ2v) is 21.4. The number of ketones is 2. The van der Waals surface area contributed by atoms with Gasteiger partial charge in [0, 0.05) is 44.6 Å². The van der Waals surface area contributed by atoms with E-state index in [1.54, 1.807) is 84.9 Å². The minimum absolute atomic E-state index is 0.0667. The van der Waals surface area contributed by atoms with Crippen LogP contribution in [0.15, 0.2) is 202 Å². The van der Waals surface area contributed by atoms with E-state index in [0.29, 0.717) is 44.5 Å². The Morgan fingerprint density at radius 1 is 0.214 bits per heavy atom. The second kappa shape index (κ2) is 17.8. The van der Waals surface area contributed by atoms with E-state index in [4.69, 9.17) is 0 Å². The Kier molecular flexibility index (Phi) is 12.1. The molecule has 0 saturated carbocycles. The summed E-state index contributed by atoms with van der Waals surface area (Å²) in [6.07, 6.45) is 0. The molecule has 14 nitrogen and oxygen atoms in total. The average Bonchev–Trinajstić information content (AvgIpc) is 3.82. The number of hydrogen-bond donors (Lipinski definition) is 0. The van der Waals surface area contributed by atoms with Gasteiger partial charge in [-0.1, -0.05) is 133 Å². The van der Waals surface area contributed by atoms with Gasteiger partial charge in [-0.25, -0.2) is 33.7 Å². The predicted molar refractivity (Wildman–Crippen MR) is 254 cm³/mol. The SMILES string of the molecule is O=C1C(c2ccc(S(=O)(=O)[O-])cc2)=C(c2ccccc2)C(c2ccc(C3=C(c4ccc(S(=O)(=O)[O-])cc4)C(=O)C(c4ccc(S(=O)(=O)[O-])cc4)=C3c3ccccc3)cc2)=C1c1ccc(S(=O)(=O)[O-])cc1. The van der Waals surface area contributed by atoms with Crippen LogP contribution in [0.5, 0.6) is 0 Å². The van der Waals surface area contributed by atoms with Crippen LogP contribution in [0.1, 0.15) is 44.5 Å². The minimum atomic E-state index is -4.90. The van der Waals surface area contributed by atoms with Gasteiger partial charge in [0.2, 0.25) is 0 Å². The van der Waals surface area contributed by atoms with Crippen molar-refractivity contribution in [2.45, 2.75) is 19.6 Å². The van der Waals surface area contributed by atoms with Gasteiger partial charge < -0.3 is 18.2 Å². The highest BCUT2D eigenvalue weighted by Crippen LogP contribution is 2.52. The van der Waals surface area contributed by atoms with E-state index >= 15 is 9.59 Å². The lowest BCUT2D eigenvalue weighted by Gasteiger charge is -2.17. The molecule has 70 heavy (non-hydrogen) atoms. The largest absolute Gasteiger partial charge is 0.744 e. The first-order chi connectivity index (χ1) is 33.1. The fraction of sp³-hybridized carbons (Fsp3) is 0. The molecule has 9 rings (SSSR count). The summed E-state index contributed by atoms with van der Waals surface area (Å²) in [5, 5.41) is 0. The van der Waals surface area contributed by atoms with E-state index in [1.165, 1.54) is 48.5 Å². The Balaban J connectivity index is 1.31. The highest BCUT2D eigenvalue weighted by molar-refractivity contribution is 7.86. The molecule has 0 heterocycles. The zero-order chi connectivity index (χ0) is 49.9. The van der Waals surface area contributed by atoms with Crippen molar-refractivity contribution in [3.8, 4) is 0 Å². The van der Waals surface area contributed by atoms with Crippen LogP contribution in [0.4, 0.5) is 0 Å². The van der Waals surface area contributed by atoms with Crippen LogP contribution in [0.2, 0.25) is 0 Å². The van der Waals surface area contributed by atoms with Crippen molar-refractivity contribution in [2.24, 2.45) is 0 Å². The maximum atomic E-state index is 15.0. The lowest BCUT2D eigenvalue weighted by Crippen LogP contribution is -2.04. The summed E-state index contributed by atoms with van der Waals surface area (Å²) in [6.45, 7) is 0.